The monoisotopic (exact) mass is 320 g/mol. The molecule has 2 heterocycles. The van der Waals surface area contributed by atoms with Crippen molar-refractivity contribution < 1.29 is 0 Å². The topological polar surface area (TPSA) is 16.1 Å². The fourth-order valence-corrected chi connectivity index (χ4v) is 4.03. The first-order valence-electron chi connectivity index (χ1n) is 7.43. The molecule has 0 aliphatic carbocycles. The fraction of sp³-hybridized carbons (Fsp3) is 0.471. The van der Waals surface area contributed by atoms with Gasteiger partial charge >= 0.3 is 0 Å². The molecule has 0 N–H and O–H groups in total. The number of halogens is 1. The minimum absolute atomic E-state index is 0.322. The number of thiazole rings is 1. The van der Waals surface area contributed by atoms with Crippen molar-refractivity contribution in [3.63, 3.8) is 0 Å². The molecule has 0 bridgehead atoms. The number of likely N-dealkylation sites (tertiary alicyclic amines) is 1. The van der Waals surface area contributed by atoms with Crippen LogP contribution in [0.25, 0.3) is 10.6 Å². The van der Waals surface area contributed by atoms with Gasteiger partial charge in [0.2, 0.25) is 0 Å². The van der Waals surface area contributed by atoms with Gasteiger partial charge in [-0.15, -0.1) is 22.9 Å². The average molecular weight is 321 g/mol. The Bertz CT molecular complexity index is 621. The standard InChI is InChI=1S/C17H21ClN2S/c1-17(2)7-4-8-20(17)11-13-5-3-6-14(9-13)16-19-15(10-18)12-21-16/h3,5-6,9,12H,4,7-8,10-11H2,1-2H3. The summed E-state index contributed by atoms with van der Waals surface area (Å²) in [4.78, 5) is 7.15. The molecular formula is C17H21ClN2S. The van der Waals surface area contributed by atoms with Crippen LogP contribution >= 0.6 is 22.9 Å². The van der Waals surface area contributed by atoms with E-state index in [1.807, 2.05) is 5.38 Å². The van der Waals surface area contributed by atoms with Crippen LogP contribution in [-0.4, -0.2) is 22.0 Å². The van der Waals surface area contributed by atoms with Crippen molar-refractivity contribution in [2.75, 3.05) is 6.54 Å². The first kappa shape index (κ1) is 15.0. The minimum Gasteiger partial charge on any atom is -0.294 e. The van der Waals surface area contributed by atoms with Crippen molar-refractivity contribution in [2.24, 2.45) is 0 Å². The second-order valence-electron chi connectivity index (χ2n) is 6.32. The lowest BCUT2D eigenvalue weighted by Crippen LogP contribution is -2.37. The molecule has 0 unspecified atom stereocenters. The van der Waals surface area contributed by atoms with Crippen LogP contribution in [0.2, 0.25) is 0 Å². The van der Waals surface area contributed by atoms with E-state index in [-0.39, 0.29) is 0 Å². The zero-order valence-corrected chi connectivity index (χ0v) is 14.2. The average Bonchev–Trinajstić information content (AvgIpc) is 3.06. The van der Waals surface area contributed by atoms with E-state index in [1.165, 1.54) is 30.5 Å². The maximum absolute atomic E-state index is 5.84. The Labute approximate surface area is 135 Å². The predicted molar refractivity (Wildman–Crippen MR) is 90.8 cm³/mol. The zero-order chi connectivity index (χ0) is 14.9. The zero-order valence-electron chi connectivity index (χ0n) is 12.6. The van der Waals surface area contributed by atoms with Crippen molar-refractivity contribution in [1.82, 2.24) is 9.88 Å². The van der Waals surface area contributed by atoms with Crippen LogP contribution in [0, 0.1) is 0 Å². The van der Waals surface area contributed by atoms with Crippen molar-refractivity contribution in [3.05, 3.63) is 40.9 Å². The lowest BCUT2D eigenvalue weighted by atomic mass is 10.0. The van der Waals surface area contributed by atoms with Crippen molar-refractivity contribution in [2.45, 2.75) is 44.7 Å². The molecule has 1 saturated heterocycles. The molecule has 1 aromatic heterocycles. The summed E-state index contributed by atoms with van der Waals surface area (Å²) in [5.41, 5.74) is 3.85. The van der Waals surface area contributed by atoms with Gasteiger partial charge in [-0.2, -0.15) is 0 Å². The third-order valence-corrected chi connectivity index (χ3v) is 5.52. The van der Waals surface area contributed by atoms with Crippen LogP contribution in [-0.2, 0) is 12.4 Å². The predicted octanol–water partition coefficient (Wildman–Crippen LogP) is 4.92. The van der Waals surface area contributed by atoms with Crippen molar-refractivity contribution >= 4 is 22.9 Å². The molecular weight excluding hydrogens is 300 g/mol. The van der Waals surface area contributed by atoms with E-state index >= 15 is 0 Å². The van der Waals surface area contributed by atoms with E-state index in [0.29, 0.717) is 11.4 Å². The highest BCUT2D eigenvalue weighted by atomic mass is 35.5. The quantitative estimate of drug-likeness (QED) is 0.743. The molecule has 0 radical (unpaired) electrons. The smallest absolute Gasteiger partial charge is 0.123 e. The lowest BCUT2D eigenvalue weighted by molar-refractivity contribution is 0.166. The van der Waals surface area contributed by atoms with Gasteiger partial charge in [0, 0.05) is 23.0 Å². The first-order valence-corrected chi connectivity index (χ1v) is 8.85. The number of nitrogens with zero attached hydrogens (tertiary/aromatic N) is 2. The highest BCUT2D eigenvalue weighted by molar-refractivity contribution is 7.13. The van der Waals surface area contributed by atoms with E-state index in [2.05, 4.69) is 48.0 Å². The van der Waals surface area contributed by atoms with E-state index in [1.54, 1.807) is 11.3 Å². The number of benzene rings is 1. The molecule has 21 heavy (non-hydrogen) atoms. The van der Waals surface area contributed by atoms with Crippen LogP contribution in [0.1, 0.15) is 37.9 Å². The SMILES string of the molecule is CC1(C)CCCN1Cc1cccc(-c2nc(CCl)cs2)c1. The van der Waals surface area contributed by atoms with Gasteiger partial charge < -0.3 is 0 Å². The molecule has 1 fully saturated rings. The summed E-state index contributed by atoms with van der Waals surface area (Å²) in [5, 5.41) is 3.10. The number of aromatic nitrogens is 1. The summed E-state index contributed by atoms with van der Waals surface area (Å²) in [6, 6.07) is 8.75. The summed E-state index contributed by atoms with van der Waals surface area (Å²) in [6.45, 7) is 6.91. The third-order valence-electron chi connectivity index (χ3n) is 4.31. The summed E-state index contributed by atoms with van der Waals surface area (Å²) in [5.74, 6) is 0.484. The summed E-state index contributed by atoms with van der Waals surface area (Å²) in [7, 11) is 0. The van der Waals surface area contributed by atoms with Crippen LogP contribution in [0.3, 0.4) is 0 Å². The highest BCUT2D eigenvalue weighted by Crippen LogP contribution is 2.31. The Hall–Kier alpha value is -0.900. The third kappa shape index (κ3) is 3.31. The van der Waals surface area contributed by atoms with E-state index in [4.69, 9.17) is 11.6 Å². The second kappa shape index (κ2) is 6.07. The molecule has 1 aliphatic rings. The van der Waals surface area contributed by atoms with Gasteiger partial charge in [-0.05, 0) is 44.9 Å². The Kier molecular flexibility index (Phi) is 4.34. The van der Waals surface area contributed by atoms with Gasteiger partial charge in [0.25, 0.3) is 0 Å². The molecule has 0 spiro atoms. The number of hydrogen-bond acceptors (Lipinski definition) is 3. The largest absolute Gasteiger partial charge is 0.294 e. The molecule has 2 aromatic rings. The molecule has 4 heteroatoms. The van der Waals surface area contributed by atoms with Gasteiger partial charge in [0.1, 0.15) is 5.01 Å². The second-order valence-corrected chi connectivity index (χ2v) is 7.44. The normalized spacial score (nSPS) is 18.2. The number of alkyl halides is 1. The Morgan fingerprint density at radius 2 is 2.24 bits per heavy atom. The van der Waals surface area contributed by atoms with Gasteiger partial charge in [-0.1, -0.05) is 18.2 Å². The molecule has 0 amide bonds. The Morgan fingerprint density at radius 1 is 1.38 bits per heavy atom. The molecule has 1 aliphatic heterocycles. The van der Waals surface area contributed by atoms with Crippen LogP contribution < -0.4 is 0 Å². The van der Waals surface area contributed by atoms with Gasteiger partial charge in [0.05, 0.1) is 11.6 Å². The van der Waals surface area contributed by atoms with Crippen molar-refractivity contribution in [3.8, 4) is 10.6 Å². The molecule has 2 nitrogen and oxygen atoms in total. The highest BCUT2D eigenvalue weighted by Gasteiger charge is 2.31. The summed E-state index contributed by atoms with van der Waals surface area (Å²) in [6.07, 6.45) is 2.59. The number of hydrogen-bond donors (Lipinski definition) is 0. The van der Waals surface area contributed by atoms with Crippen LogP contribution in [0.15, 0.2) is 29.6 Å². The maximum Gasteiger partial charge on any atom is 0.123 e. The molecule has 1 aromatic carbocycles. The fourth-order valence-electron chi connectivity index (χ4n) is 2.98. The van der Waals surface area contributed by atoms with Crippen molar-refractivity contribution in [1.29, 1.82) is 0 Å². The number of rotatable bonds is 4. The van der Waals surface area contributed by atoms with Gasteiger partial charge in [-0.25, -0.2) is 4.98 Å². The Morgan fingerprint density at radius 3 is 2.90 bits per heavy atom. The van der Waals surface area contributed by atoms with Crippen LogP contribution in [0.4, 0.5) is 0 Å². The summed E-state index contributed by atoms with van der Waals surface area (Å²) < 4.78 is 0. The molecule has 0 atom stereocenters. The minimum atomic E-state index is 0.322. The molecule has 0 saturated carbocycles. The maximum atomic E-state index is 5.84. The van der Waals surface area contributed by atoms with E-state index < -0.39 is 0 Å². The summed E-state index contributed by atoms with van der Waals surface area (Å²) >= 11 is 7.51. The molecule has 112 valence electrons. The van der Waals surface area contributed by atoms with Gasteiger partial charge in [-0.3, -0.25) is 4.90 Å². The lowest BCUT2D eigenvalue weighted by Gasteiger charge is -2.31. The van der Waals surface area contributed by atoms with Crippen LogP contribution in [0.5, 0.6) is 0 Å². The molecule has 3 rings (SSSR count). The Balaban J connectivity index is 1.80. The first-order chi connectivity index (χ1) is 10.1. The van der Waals surface area contributed by atoms with E-state index in [0.717, 1.165) is 17.2 Å². The van der Waals surface area contributed by atoms with E-state index in [9.17, 15) is 0 Å². The van der Waals surface area contributed by atoms with Gasteiger partial charge in [0.15, 0.2) is 0 Å².